The predicted molar refractivity (Wildman–Crippen MR) is 149 cm³/mol. The van der Waals surface area contributed by atoms with Crippen LogP contribution in [0.15, 0.2) is 49.1 Å². The van der Waals surface area contributed by atoms with Gasteiger partial charge in [0.2, 0.25) is 21.8 Å². The van der Waals surface area contributed by atoms with Crippen molar-refractivity contribution in [1.29, 1.82) is 0 Å². The number of rotatable bonds is 1. The summed E-state index contributed by atoms with van der Waals surface area (Å²) in [6.07, 6.45) is 7.41. The molecule has 2 aliphatic rings. The van der Waals surface area contributed by atoms with Gasteiger partial charge in [-0.15, -0.1) is 0 Å². The van der Waals surface area contributed by atoms with E-state index in [1.807, 2.05) is 0 Å². The minimum atomic E-state index is 0.116. The minimum absolute atomic E-state index is 0.116. The number of nitrogens with one attached hydrogen (secondary N) is 1. The number of fused-ring (bicyclic) bond motifs is 2. The van der Waals surface area contributed by atoms with Crippen LogP contribution in [0.2, 0.25) is 15.9 Å². The summed E-state index contributed by atoms with van der Waals surface area (Å²) in [5, 5.41) is 3.86. The molecule has 2 aromatic carbocycles. The molecular formula is C26H27Cl3N8. The Morgan fingerprint density at radius 2 is 1.35 bits per heavy atom. The molecule has 0 unspecified atom stereocenters. The molecule has 1 N–H and O–H groups in total. The Bertz CT molecular complexity index is 1330. The van der Waals surface area contributed by atoms with Crippen molar-refractivity contribution in [3.63, 3.8) is 0 Å². The zero-order chi connectivity index (χ0) is 26.2. The maximum absolute atomic E-state index is 5.83. The molecule has 0 saturated carbocycles. The van der Waals surface area contributed by atoms with Crippen LogP contribution in [0.25, 0.3) is 0 Å². The summed E-state index contributed by atoms with van der Waals surface area (Å²) in [6.45, 7) is 6.31. The number of aromatic nitrogens is 6. The van der Waals surface area contributed by atoms with Crippen molar-refractivity contribution in [2.75, 3.05) is 23.3 Å². The van der Waals surface area contributed by atoms with Gasteiger partial charge in [0, 0.05) is 24.5 Å². The quantitative estimate of drug-likeness (QED) is 0.285. The van der Waals surface area contributed by atoms with Crippen molar-refractivity contribution in [3.8, 4) is 0 Å². The Balaban J connectivity index is 0.000000143. The van der Waals surface area contributed by atoms with Gasteiger partial charge in [-0.3, -0.25) is 0 Å². The topological polar surface area (TPSA) is 92.6 Å². The maximum atomic E-state index is 5.83. The van der Waals surface area contributed by atoms with E-state index in [0.29, 0.717) is 5.95 Å². The summed E-state index contributed by atoms with van der Waals surface area (Å²) in [4.78, 5) is 24.8. The lowest BCUT2D eigenvalue weighted by atomic mass is 10.00. The molecule has 0 radical (unpaired) electrons. The highest BCUT2D eigenvalue weighted by atomic mass is 35.5. The highest BCUT2D eigenvalue weighted by Crippen LogP contribution is 2.32. The van der Waals surface area contributed by atoms with Gasteiger partial charge in [0.1, 0.15) is 12.7 Å². The van der Waals surface area contributed by atoms with E-state index in [1.54, 1.807) is 0 Å². The Morgan fingerprint density at radius 1 is 0.730 bits per heavy atom. The lowest BCUT2D eigenvalue weighted by Gasteiger charge is -2.29. The van der Waals surface area contributed by atoms with Crippen LogP contribution in [0.5, 0.6) is 0 Å². The highest BCUT2D eigenvalue weighted by molar-refractivity contribution is 6.30. The monoisotopic (exact) mass is 556 g/mol. The molecule has 0 spiro atoms. The van der Waals surface area contributed by atoms with Crippen LogP contribution in [-0.4, -0.2) is 43.0 Å². The molecule has 2 aromatic heterocycles. The Morgan fingerprint density at radius 3 is 2.03 bits per heavy atom. The van der Waals surface area contributed by atoms with Crippen LogP contribution < -0.4 is 10.2 Å². The van der Waals surface area contributed by atoms with Gasteiger partial charge in [0.05, 0.1) is 0 Å². The molecule has 0 saturated heterocycles. The van der Waals surface area contributed by atoms with Crippen molar-refractivity contribution in [3.05, 3.63) is 87.2 Å². The second kappa shape index (κ2) is 12.9. The zero-order valence-electron chi connectivity index (χ0n) is 20.6. The fraction of sp³-hybridized carbons (Fsp3) is 0.308. The Kier molecular flexibility index (Phi) is 9.44. The molecule has 6 rings (SSSR count). The number of hydrogen-bond donors (Lipinski definition) is 1. The second-order valence-electron chi connectivity index (χ2n) is 8.66. The first-order chi connectivity index (χ1) is 17.9. The molecule has 8 nitrogen and oxygen atoms in total. The molecule has 0 atom stereocenters. The molecule has 0 aliphatic carbocycles. The van der Waals surface area contributed by atoms with Gasteiger partial charge in [-0.2, -0.15) is 9.97 Å². The number of nitrogens with zero attached hydrogens (tertiary/aromatic N) is 7. The summed E-state index contributed by atoms with van der Waals surface area (Å²) < 4.78 is 0. The molecular weight excluding hydrogens is 531 g/mol. The SMILES string of the molecule is Cc1ccc2c(c1)CCCN2.Cc1ccc2c(c1)CCCN2c1ncnc(Cl)n1.Clc1ncnc(Cl)n1. The van der Waals surface area contributed by atoms with Gasteiger partial charge in [0.25, 0.3) is 0 Å². The van der Waals surface area contributed by atoms with Crippen molar-refractivity contribution >= 4 is 52.1 Å². The summed E-state index contributed by atoms with van der Waals surface area (Å²) in [5.41, 5.74) is 7.99. The second-order valence-corrected chi connectivity index (χ2v) is 9.67. The van der Waals surface area contributed by atoms with Crippen LogP contribution in [0.4, 0.5) is 17.3 Å². The van der Waals surface area contributed by atoms with Crippen LogP contribution >= 0.6 is 34.8 Å². The zero-order valence-corrected chi connectivity index (χ0v) is 22.9. The molecule has 4 heterocycles. The van der Waals surface area contributed by atoms with E-state index in [-0.39, 0.29) is 15.9 Å². The van der Waals surface area contributed by atoms with Gasteiger partial charge in [0.15, 0.2) is 0 Å². The first kappa shape index (κ1) is 27.0. The van der Waals surface area contributed by atoms with Crippen LogP contribution in [0, 0.1) is 13.8 Å². The van der Waals surface area contributed by atoms with E-state index < -0.39 is 0 Å². The number of halogens is 3. The van der Waals surface area contributed by atoms with E-state index >= 15 is 0 Å². The first-order valence-electron chi connectivity index (χ1n) is 11.9. The van der Waals surface area contributed by atoms with Crippen molar-refractivity contribution < 1.29 is 0 Å². The van der Waals surface area contributed by atoms with E-state index in [9.17, 15) is 0 Å². The van der Waals surface area contributed by atoms with E-state index in [1.165, 1.54) is 59.1 Å². The lowest BCUT2D eigenvalue weighted by molar-refractivity contribution is 0.746. The molecule has 192 valence electrons. The van der Waals surface area contributed by atoms with Crippen molar-refractivity contribution in [1.82, 2.24) is 29.9 Å². The molecule has 0 bridgehead atoms. The standard InChI is InChI=1S/C13H13ClN4.C10H13N.C3HCl2N3/c1-9-4-5-11-10(7-9)3-2-6-18(11)13-16-8-15-12(14)17-13;1-8-4-5-10-9(7-8)3-2-6-11-10;4-2-6-1-7-3(5)8-2/h4-5,7-8H,2-3,6H2,1H3;4-5,7,11H,2-3,6H2,1H3;1H. The average Bonchev–Trinajstić information content (AvgIpc) is 2.89. The largest absolute Gasteiger partial charge is 0.385 e. The lowest BCUT2D eigenvalue weighted by Crippen LogP contribution is -2.26. The number of benzene rings is 2. The minimum Gasteiger partial charge on any atom is -0.385 e. The summed E-state index contributed by atoms with van der Waals surface area (Å²) in [7, 11) is 0. The summed E-state index contributed by atoms with van der Waals surface area (Å²) >= 11 is 16.4. The molecule has 11 heteroatoms. The Hall–Kier alpha value is -3.07. The number of aryl methyl sites for hydroxylation is 4. The predicted octanol–water partition coefficient (Wildman–Crippen LogP) is 6.45. The third-order valence-electron chi connectivity index (χ3n) is 5.84. The van der Waals surface area contributed by atoms with Gasteiger partial charge >= 0.3 is 0 Å². The van der Waals surface area contributed by atoms with E-state index in [2.05, 4.69) is 90.4 Å². The van der Waals surface area contributed by atoms with Gasteiger partial charge in [-0.1, -0.05) is 35.4 Å². The summed E-state index contributed by atoms with van der Waals surface area (Å²) in [6, 6.07) is 13.1. The smallest absolute Gasteiger partial charge is 0.234 e. The molecule has 4 aromatic rings. The third-order valence-corrected chi connectivity index (χ3v) is 6.38. The van der Waals surface area contributed by atoms with Crippen molar-refractivity contribution in [2.45, 2.75) is 39.5 Å². The fourth-order valence-electron chi connectivity index (χ4n) is 4.19. The average molecular weight is 558 g/mol. The highest BCUT2D eigenvalue weighted by Gasteiger charge is 2.20. The van der Waals surface area contributed by atoms with Gasteiger partial charge in [-0.05, 0) is 97.6 Å². The maximum Gasteiger partial charge on any atom is 0.234 e. The summed E-state index contributed by atoms with van der Waals surface area (Å²) in [5.74, 6) is 0.625. The van der Waals surface area contributed by atoms with Crippen LogP contribution in [-0.2, 0) is 12.8 Å². The Labute approximate surface area is 231 Å². The van der Waals surface area contributed by atoms with Crippen molar-refractivity contribution in [2.24, 2.45) is 0 Å². The molecule has 37 heavy (non-hydrogen) atoms. The third kappa shape index (κ3) is 7.71. The van der Waals surface area contributed by atoms with Gasteiger partial charge in [-0.25, -0.2) is 19.9 Å². The van der Waals surface area contributed by atoms with Crippen LogP contribution in [0.1, 0.15) is 35.1 Å². The van der Waals surface area contributed by atoms with E-state index in [4.69, 9.17) is 34.8 Å². The first-order valence-corrected chi connectivity index (χ1v) is 13.1. The molecule has 0 fully saturated rings. The van der Waals surface area contributed by atoms with E-state index in [0.717, 1.165) is 25.9 Å². The number of hydrogen-bond acceptors (Lipinski definition) is 8. The van der Waals surface area contributed by atoms with Gasteiger partial charge < -0.3 is 10.2 Å². The number of anilines is 3. The normalized spacial score (nSPS) is 13.6. The fourth-order valence-corrected chi connectivity index (χ4v) is 4.60. The molecule has 0 amide bonds. The molecule has 2 aliphatic heterocycles. The van der Waals surface area contributed by atoms with Crippen LogP contribution in [0.3, 0.4) is 0 Å².